The number of carbonyl (C=O) groups is 1. The van der Waals surface area contributed by atoms with E-state index in [1.54, 1.807) is 0 Å². The summed E-state index contributed by atoms with van der Waals surface area (Å²) in [7, 11) is 0. The number of imidazole rings is 1. The minimum Gasteiger partial charge on any atom is -0.383 e. The summed E-state index contributed by atoms with van der Waals surface area (Å²) in [5.74, 6) is 0.211. The largest absolute Gasteiger partial charge is 0.383 e. The Balaban J connectivity index is 1.48. The van der Waals surface area contributed by atoms with Gasteiger partial charge in [-0.1, -0.05) is 78.9 Å². The number of aliphatic hydroxyl groups is 1. The number of hydrogen-bond donors (Lipinski definition) is 3. The third kappa shape index (κ3) is 3.98. The molecule has 32 heavy (non-hydrogen) atoms. The number of amides is 1. The molecule has 2 atom stereocenters. The average Bonchev–Trinajstić information content (AvgIpc) is 3.28. The zero-order valence-electron chi connectivity index (χ0n) is 17.4. The molecular weight excluding hydrogens is 398 g/mol. The van der Waals surface area contributed by atoms with Crippen LogP contribution >= 0.6 is 0 Å². The maximum absolute atomic E-state index is 13.3. The highest BCUT2D eigenvalue weighted by molar-refractivity contribution is 6.07. The molecule has 1 unspecified atom stereocenters. The van der Waals surface area contributed by atoms with Gasteiger partial charge in [-0.25, -0.2) is 4.98 Å². The minimum atomic E-state index is -0.999. The molecule has 3 N–H and O–H groups in total. The highest BCUT2D eigenvalue weighted by Crippen LogP contribution is 2.23. The first kappa shape index (κ1) is 20.0. The Hall–Kier alpha value is -3.96. The Morgan fingerprint density at radius 3 is 2.44 bits per heavy atom. The number of hydrogen-bond acceptors (Lipinski definition) is 3. The molecule has 0 spiro atoms. The van der Waals surface area contributed by atoms with Crippen molar-refractivity contribution in [3.05, 3.63) is 114 Å². The Morgan fingerprint density at radius 2 is 1.59 bits per heavy atom. The number of nitrogens with one attached hydrogen (secondary N) is 2. The Morgan fingerprint density at radius 1 is 0.875 bits per heavy atom. The van der Waals surface area contributed by atoms with Gasteiger partial charge in [0.1, 0.15) is 11.9 Å². The molecule has 1 amide bonds. The molecular formula is C27H23N3O2. The van der Waals surface area contributed by atoms with Crippen molar-refractivity contribution in [2.24, 2.45) is 0 Å². The number of nitrogens with zero attached hydrogens (tertiary/aromatic N) is 1. The van der Waals surface area contributed by atoms with Crippen LogP contribution < -0.4 is 5.32 Å². The lowest BCUT2D eigenvalue weighted by molar-refractivity contribution is 0.0819. The molecule has 0 saturated heterocycles. The number of rotatable bonds is 6. The van der Waals surface area contributed by atoms with E-state index in [4.69, 9.17) is 0 Å². The second-order valence-electron chi connectivity index (χ2n) is 7.88. The summed E-state index contributed by atoms with van der Waals surface area (Å²) in [5.41, 5.74) is 3.23. The number of aromatic amines is 1. The Bertz CT molecular complexity index is 1340. The molecule has 0 aliphatic heterocycles. The second kappa shape index (κ2) is 8.65. The lowest BCUT2D eigenvalue weighted by Gasteiger charge is -2.23. The summed E-state index contributed by atoms with van der Waals surface area (Å²) < 4.78 is 0. The summed E-state index contributed by atoms with van der Waals surface area (Å²) in [6.07, 6.45) is -0.531. The molecule has 1 heterocycles. The Kier molecular flexibility index (Phi) is 5.40. The van der Waals surface area contributed by atoms with Crippen molar-refractivity contribution >= 4 is 27.7 Å². The number of H-pyrrole nitrogens is 1. The predicted molar refractivity (Wildman–Crippen MR) is 126 cm³/mol. The monoisotopic (exact) mass is 421 g/mol. The van der Waals surface area contributed by atoms with Crippen LogP contribution in [0.25, 0.3) is 21.8 Å². The van der Waals surface area contributed by atoms with Crippen molar-refractivity contribution in [1.82, 2.24) is 15.3 Å². The molecule has 158 valence electrons. The van der Waals surface area contributed by atoms with Crippen LogP contribution in [-0.4, -0.2) is 27.0 Å². The Labute approximate surface area is 185 Å². The van der Waals surface area contributed by atoms with Crippen molar-refractivity contribution in [3.8, 4) is 0 Å². The zero-order valence-corrected chi connectivity index (χ0v) is 17.4. The van der Waals surface area contributed by atoms with Gasteiger partial charge in [-0.3, -0.25) is 4.79 Å². The number of aromatic nitrogens is 2. The van der Waals surface area contributed by atoms with E-state index < -0.39 is 12.1 Å². The molecule has 5 rings (SSSR count). The lowest BCUT2D eigenvalue weighted by Crippen LogP contribution is -2.41. The average molecular weight is 422 g/mol. The van der Waals surface area contributed by atoms with Gasteiger partial charge in [0, 0.05) is 5.56 Å². The SMILES string of the molecule is O=C(N[C@H](Cc1ccccc1)C(O)c1nc2ccccc2[nH]1)c1cccc2ccccc12. The molecule has 0 aliphatic rings. The van der Waals surface area contributed by atoms with Crippen LogP contribution in [0.5, 0.6) is 0 Å². The summed E-state index contributed by atoms with van der Waals surface area (Å²) in [4.78, 5) is 21.1. The van der Waals surface area contributed by atoms with Gasteiger partial charge in [-0.2, -0.15) is 0 Å². The highest BCUT2D eigenvalue weighted by atomic mass is 16.3. The second-order valence-corrected chi connectivity index (χ2v) is 7.88. The number of aliphatic hydroxyl groups excluding tert-OH is 1. The quantitative estimate of drug-likeness (QED) is 0.369. The van der Waals surface area contributed by atoms with Crippen LogP contribution in [-0.2, 0) is 6.42 Å². The fourth-order valence-corrected chi connectivity index (χ4v) is 4.08. The fraction of sp³-hybridized carbons (Fsp3) is 0.111. The van der Waals surface area contributed by atoms with E-state index in [9.17, 15) is 9.90 Å². The molecule has 4 aromatic carbocycles. The van der Waals surface area contributed by atoms with Gasteiger partial charge >= 0.3 is 0 Å². The molecule has 0 aliphatic carbocycles. The maximum Gasteiger partial charge on any atom is 0.252 e. The van der Waals surface area contributed by atoms with E-state index in [-0.39, 0.29) is 5.91 Å². The van der Waals surface area contributed by atoms with Crippen LogP contribution in [0.1, 0.15) is 27.8 Å². The van der Waals surface area contributed by atoms with Gasteiger partial charge < -0.3 is 15.4 Å². The number of carbonyl (C=O) groups excluding carboxylic acids is 1. The smallest absolute Gasteiger partial charge is 0.252 e. The van der Waals surface area contributed by atoms with Crippen molar-refractivity contribution in [3.63, 3.8) is 0 Å². The molecule has 5 aromatic rings. The van der Waals surface area contributed by atoms with Crippen LogP contribution in [0.2, 0.25) is 0 Å². The molecule has 1 aromatic heterocycles. The first-order valence-electron chi connectivity index (χ1n) is 10.6. The van der Waals surface area contributed by atoms with E-state index in [2.05, 4.69) is 15.3 Å². The van der Waals surface area contributed by atoms with Gasteiger partial charge in [-0.15, -0.1) is 0 Å². The molecule has 0 fully saturated rings. The molecule has 5 heteroatoms. The van der Waals surface area contributed by atoms with E-state index in [1.165, 1.54) is 0 Å². The molecule has 0 radical (unpaired) electrons. The minimum absolute atomic E-state index is 0.224. The van der Waals surface area contributed by atoms with Gasteiger partial charge in [0.25, 0.3) is 5.91 Å². The van der Waals surface area contributed by atoms with E-state index >= 15 is 0 Å². The van der Waals surface area contributed by atoms with Crippen molar-refractivity contribution in [2.45, 2.75) is 18.6 Å². The third-order valence-corrected chi connectivity index (χ3v) is 5.72. The predicted octanol–water partition coefficient (Wildman–Crippen LogP) is 4.79. The fourth-order valence-electron chi connectivity index (χ4n) is 4.08. The number of fused-ring (bicyclic) bond motifs is 2. The first-order chi connectivity index (χ1) is 15.7. The number of para-hydroxylation sites is 2. The van der Waals surface area contributed by atoms with Crippen molar-refractivity contribution in [1.29, 1.82) is 0 Å². The van der Waals surface area contributed by atoms with Crippen LogP contribution in [0, 0.1) is 0 Å². The lowest BCUT2D eigenvalue weighted by atomic mass is 9.99. The summed E-state index contributed by atoms with van der Waals surface area (Å²) in [5, 5.41) is 16.2. The summed E-state index contributed by atoms with van der Waals surface area (Å²) in [6, 6.07) is 30.4. The summed E-state index contributed by atoms with van der Waals surface area (Å²) >= 11 is 0. The summed E-state index contributed by atoms with van der Waals surface area (Å²) in [6.45, 7) is 0. The van der Waals surface area contributed by atoms with E-state index in [0.717, 1.165) is 27.4 Å². The van der Waals surface area contributed by atoms with E-state index in [0.29, 0.717) is 17.8 Å². The topological polar surface area (TPSA) is 78.0 Å². The van der Waals surface area contributed by atoms with Gasteiger partial charge in [-0.05, 0) is 41.0 Å². The third-order valence-electron chi connectivity index (χ3n) is 5.72. The molecule has 5 nitrogen and oxygen atoms in total. The molecule has 0 saturated carbocycles. The maximum atomic E-state index is 13.3. The van der Waals surface area contributed by atoms with E-state index in [1.807, 2.05) is 97.1 Å². The number of benzene rings is 4. The standard InChI is InChI=1S/C27H23N3O2/c31-25(26-28-22-15-6-7-16-23(22)29-26)24(17-18-9-2-1-3-10-18)30-27(32)21-14-8-12-19-11-4-5-13-20(19)21/h1-16,24-25,31H,17H2,(H,28,29)(H,30,32)/t24-,25?/m1/s1. The van der Waals surface area contributed by atoms with Gasteiger partial charge in [0.2, 0.25) is 0 Å². The highest BCUT2D eigenvalue weighted by Gasteiger charge is 2.27. The van der Waals surface area contributed by atoms with Crippen molar-refractivity contribution < 1.29 is 9.90 Å². The molecule has 0 bridgehead atoms. The van der Waals surface area contributed by atoms with Crippen LogP contribution in [0.4, 0.5) is 0 Å². The van der Waals surface area contributed by atoms with Crippen LogP contribution in [0.3, 0.4) is 0 Å². The van der Waals surface area contributed by atoms with Gasteiger partial charge in [0.15, 0.2) is 0 Å². The zero-order chi connectivity index (χ0) is 21.9. The van der Waals surface area contributed by atoms with Gasteiger partial charge in [0.05, 0.1) is 17.1 Å². The normalized spacial score (nSPS) is 13.2. The first-order valence-corrected chi connectivity index (χ1v) is 10.6. The van der Waals surface area contributed by atoms with Crippen LogP contribution in [0.15, 0.2) is 97.1 Å². The van der Waals surface area contributed by atoms with Crippen molar-refractivity contribution in [2.75, 3.05) is 0 Å².